The number of para-hydroxylation sites is 2. The van der Waals surface area contributed by atoms with Gasteiger partial charge >= 0.3 is 0 Å². The average molecular weight is 390 g/mol. The van der Waals surface area contributed by atoms with E-state index in [0.29, 0.717) is 10.9 Å². The molecule has 0 spiro atoms. The molecule has 26 heavy (non-hydrogen) atoms. The number of nitrogens with zero attached hydrogens (tertiary/aromatic N) is 2. The number of imidazole rings is 1. The molecule has 1 N–H and O–H groups in total. The zero-order valence-corrected chi connectivity index (χ0v) is 16.0. The van der Waals surface area contributed by atoms with E-state index in [2.05, 4.69) is 9.29 Å². The van der Waals surface area contributed by atoms with Crippen molar-refractivity contribution in [1.29, 1.82) is 0 Å². The Hall–Kier alpha value is -1.89. The maximum atomic E-state index is 12.7. The molecule has 1 atom stereocenters. The van der Waals surface area contributed by atoms with Crippen molar-refractivity contribution >= 4 is 32.7 Å². The number of hydrogen-bond acceptors (Lipinski definition) is 3. The molecule has 0 saturated heterocycles. The molecule has 1 heterocycles. The molecule has 3 aromatic rings. The first kappa shape index (κ1) is 17.5. The summed E-state index contributed by atoms with van der Waals surface area (Å²) in [5.74, 6) is 1.40. The standard InChI is InChI=1S/C19H20ClN3O2S/c1-13(22-26(24,25)16-10-8-15(20)9-11-16)19-21-17-4-2-3-5-18(17)23(19)12-14-6-7-14/h2-5,8-11,13-14,22H,6-7,12H2,1H3. The molecule has 0 aliphatic heterocycles. The van der Waals surface area contributed by atoms with Crippen LogP contribution in [0.3, 0.4) is 0 Å². The highest BCUT2D eigenvalue weighted by Crippen LogP contribution is 2.33. The molecule has 4 rings (SSSR count). The van der Waals surface area contributed by atoms with Gasteiger partial charge in [-0.2, -0.15) is 0 Å². The molecule has 1 aliphatic carbocycles. The van der Waals surface area contributed by atoms with Crippen molar-refractivity contribution in [3.05, 3.63) is 59.4 Å². The number of rotatable bonds is 6. The number of aromatic nitrogens is 2. The highest BCUT2D eigenvalue weighted by molar-refractivity contribution is 7.89. The first-order valence-electron chi connectivity index (χ1n) is 8.67. The van der Waals surface area contributed by atoms with Gasteiger partial charge in [0.15, 0.2) is 0 Å². The van der Waals surface area contributed by atoms with Crippen LogP contribution in [0.15, 0.2) is 53.4 Å². The van der Waals surface area contributed by atoms with Crippen LogP contribution in [0.5, 0.6) is 0 Å². The molecule has 1 fully saturated rings. The lowest BCUT2D eigenvalue weighted by molar-refractivity contribution is 0.535. The molecule has 1 aromatic heterocycles. The van der Waals surface area contributed by atoms with E-state index in [4.69, 9.17) is 16.6 Å². The van der Waals surface area contributed by atoms with Gasteiger partial charge in [-0.1, -0.05) is 23.7 Å². The van der Waals surface area contributed by atoms with Crippen molar-refractivity contribution in [2.45, 2.75) is 37.2 Å². The van der Waals surface area contributed by atoms with Crippen LogP contribution in [0.2, 0.25) is 5.02 Å². The van der Waals surface area contributed by atoms with Crippen molar-refractivity contribution < 1.29 is 8.42 Å². The van der Waals surface area contributed by atoms with Gasteiger partial charge in [-0.15, -0.1) is 0 Å². The number of nitrogens with one attached hydrogen (secondary N) is 1. The fourth-order valence-electron chi connectivity index (χ4n) is 3.14. The average Bonchev–Trinajstić information content (AvgIpc) is 3.35. The monoisotopic (exact) mass is 389 g/mol. The molecule has 0 bridgehead atoms. The van der Waals surface area contributed by atoms with E-state index in [1.54, 1.807) is 12.1 Å². The van der Waals surface area contributed by atoms with Crippen molar-refractivity contribution in [2.75, 3.05) is 0 Å². The van der Waals surface area contributed by atoms with E-state index in [0.717, 1.165) is 23.4 Å². The third kappa shape index (κ3) is 3.49. The van der Waals surface area contributed by atoms with Crippen LogP contribution in [0, 0.1) is 5.92 Å². The number of benzene rings is 2. The normalized spacial score (nSPS) is 16.1. The van der Waals surface area contributed by atoms with Crippen LogP contribution in [-0.4, -0.2) is 18.0 Å². The summed E-state index contributed by atoms with van der Waals surface area (Å²) >= 11 is 5.86. The molecule has 0 radical (unpaired) electrons. The molecular formula is C19H20ClN3O2S. The second kappa shape index (κ2) is 6.68. The van der Waals surface area contributed by atoms with E-state index in [1.807, 2.05) is 31.2 Å². The number of sulfonamides is 1. The molecule has 1 saturated carbocycles. The first-order valence-corrected chi connectivity index (χ1v) is 10.5. The van der Waals surface area contributed by atoms with Crippen LogP contribution in [0.25, 0.3) is 11.0 Å². The Bertz CT molecular complexity index is 1040. The van der Waals surface area contributed by atoms with E-state index in [-0.39, 0.29) is 4.90 Å². The van der Waals surface area contributed by atoms with E-state index < -0.39 is 16.1 Å². The molecule has 1 unspecified atom stereocenters. The highest BCUT2D eigenvalue weighted by atomic mass is 35.5. The Morgan fingerprint density at radius 1 is 1.19 bits per heavy atom. The minimum absolute atomic E-state index is 0.193. The van der Waals surface area contributed by atoms with Crippen molar-refractivity contribution in [3.8, 4) is 0 Å². The van der Waals surface area contributed by atoms with Crippen LogP contribution >= 0.6 is 11.6 Å². The van der Waals surface area contributed by atoms with Gasteiger partial charge in [-0.3, -0.25) is 0 Å². The van der Waals surface area contributed by atoms with Gasteiger partial charge in [0, 0.05) is 11.6 Å². The van der Waals surface area contributed by atoms with Crippen molar-refractivity contribution in [2.24, 2.45) is 5.92 Å². The van der Waals surface area contributed by atoms with Crippen LogP contribution in [-0.2, 0) is 16.6 Å². The topological polar surface area (TPSA) is 64.0 Å². The number of halogens is 1. The Labute approximate surface area is 158 Å². The first-order chi connectivity index (χ1) is 12.4. The van der Waals surface area contributed by atoms with E-state index in [1.165, 1.54) is 25.0 Å². The summed E-state index contributed by atoms with van der Waals surface area (Å²) in [6, 6.07) is 13.6. The summed E-state index contributed by atoms with van der Waals surface area (Å²) in [5.41, 5.74) is 1.94. The maximum absolute atomic E-state index is 12.7. The van der Waals surface area contributed by atoms with Gasteiger partial charge in [0.05, 0.1) is 22.0 Å². The van der Waals surface area contributed by atoms with E-state index >= 15 is 0 Å². The number of hydrogen-bond donors (Lipinski definition) is 1. The lowest BCUT2D eigenvalue weighted by Gasteiger charge is -2.16. The lowest BCUT2D eigenvalue weighted by atomic mass is 10.3. The SMILES string of the molecule is CC(NS(=O)(=O)c1ccc(Cl)cc1)c1nc2ccccc2n1CC1CC1. The summed E-state index contributed by atoms with van der Waals surface area (Å²) in [7, 11) is -3.65. The number of fused-ring (bicyclic) bond motifs is 1. The zero-order valence-electron chi connectivity index (χ0n) is 14.4. The summed E-state index contributed by atoms with van der Waals surface area (Å²) in [6.07, 6.45) is 2.44. The van der Waals surface area contributed by atoms with Gasteiger partial charge in [-0.25, -0.2) is 18.1 Å². The Morgan fingerprint density at radius 2 is 1.88 bits per heavy atom. The van der Waals surface area contributed by atoms with Crippen LogP contribution in [0.1, 0.15) is 31.6 Å². The second-order valence-electron chi connectivity index (χ2n) is 6.81. The molecular weight excluding hydrogens is 370 g/mol. The van der Waals surface area contributed by atoms with Gasteiger partial charge in [-0.05, 0) is 62.1 Å². The fraction of sp³-hybridized carbons (Fsp3) is 0.316. The third-order valence-corrected chi connectivity index (χ3v) is 6.47. The predicted octanol–water partition coefficient (Wildman–Crippen LogP) is 4.14. The maximum Gasteiger partial charge on any atom is 0.241 e. The quantitative estimate of drug-likeness (QED) is 0.689. The molecule has 7 heteroatoms. The highest BCUT2D eigenvalue weighted by Gasteiger charge is 2.27. The molecule has 2 aromatic carbocycles. The fourth-order valence-corrected chi connectivity index (χ4v) is 4.47. The minimum atomic E-state index is -3.65. The summed E-state index contributed by atoms with van der Waals surface area (Å²) in [5, 5.41) is 0.503. The predicted molar refractivity (Wildman–Crippen MR) is 103 cm³/mol. The van der Waals surface area contributed by atoms with Crippen LogP contribution < -0.4 is 4.72 Å². The summed E-state index contributed by atoms with van der Waals surface area (Å²) in [6.45, 7) is 2.71. The van der Waals surface area contributed by atoms with Crippen molar-refractivity contribution in [3.63, 3.8) is 0 Å². The second-order valence-corrected chi connectivity index (χ2v) is 8.96. The summed E-state index contributed by atoms with van der Waals surface area (Å²) < 4.78 is 30.3. The Morgan fingerprint density at radius 3 is 2.58 bits per heavy atom. The van der Waals surface area contributed by atoms with Crippen LogP contribution in [0.4, 0.5) is 0 Å². The molecule has 136 valence electrons. The smallest absolute Gasteiger partial charge is 0.241 e. The van der Waals surface area contributed by atoms with Gasteiger partial charge < -0.3 is 4.57 Å². The lowest BCUT2D eigenvalue weighted by Crippen LogP contribution is -2.29. The van der Waals surface area contributed by atoms with Gasteiger partial charge in [0.1, 0.15) is 5.82 Å². The Kier molecular flexibility index (Phi) is 4.50. The third-order valence-electron chi connectivity index (χ3n) is 4.66. The summed E-state index contributed by atoms with van der Waals surface area (Å²) in [4.78, 5) is 4.89. The Balaban J connectivity index is 1.67. The van der Waals surface area contributed by atoms with E-state index in [9.17, 15) is 8.42 Å². The zero-order chi connectivity index (χ0) is 18.3. The molecule has 5 nitrogen and oxygen atoms in total. The minimum Gasteiger partial charge on any atom is -0.326 e. The molecule has 0 amide bonds. The van der Waals surface area contributed by atoms with Gasteiger partial charge in [0.2, 0.25) is 10.0 Å². The van der Waals surface area contributed by atoms with Gasteiger partial charge in [0.25, 0.3) is 0 Å². The van der Waals surface area contributed by atoms with Crippen molar-refractivity contribution in [1.82, 2.24) is 14.3 Å². The molecule has 1 aliphatic rings. The largest absolute Gasteiger partial charge is 0.326 e.